The molecule has 1 saturated carbocycles. The standard InChI is InChI=1S/C22H22N6O5S3/c1-33-26-15(14-10-36-22(23)24-14)18(29)25-16-19(30)28-17(21(31)32)11(9-35-20(16)28)8-34-13-4-6-27(7-5-13)12-2-3-12/h4-7,10,12,16,20H,2-3,8-9H2,1H3,(H3-,23,24,25,29,31,32)/p+1/b26-15-/t16-,20-/m1/s1. The summed E-state index contributed by atoms with van der Waals surface area (Å²) >= 11 is 4.10. The normalized spacial score (nSPS) is 21.6. The summed E-state index contributed by atoms with van der Waals surface area (Å²) in [6.07, 6.45) is 6.50. The molecule has 0 unspecified atom stereocenters. The summed E-state index contributed by atoms with van der Waals surface area (Å²) in [5, 5.41) is 17.6. The maximum absolute atomic E-state index is 13.0. The summed E-state index contributed by atoms with van der Waals surface area (Å²) < 4.78 is 2.19. The van der Waals surface area contributed by atoms with Gasteiger partial charge in [0.05, 0.1) is 0 Å². The van der Waals surface area contributed by atoms with E-state index in [1.54, 1.807) is 5.38 Å². The van der Waals surface area contributed by atoms with Gasteiger partial charge < -0.3 is 21.0 Å². The van der Waals surface area contributed by atoms with Crippen molar-refractivity contribution in [3.8, 4) is 0 Å². The molecule has 2 fully saturated rings. The van der Waals surface area contributed by atoms with Crippen LogP contribution in [0.1, 0.15) is 24.6 Å². The molecule has 0 radical (unpaired) electrons. The summed E-state index contributed by atoms with van der Waals surface area (Å²) in [5.74, 6) is -1.42. The summed E-state index contributed by atoms with van der Waals surface area (Å²) in [5.41, 5.74) is 6.42. The van der Waals surface area contributed by atoms with Crippen molar-refractivity contribution < 1.29 is 28.9 Å². The number of aromatic nitrogens is 2. The number of amides is 2. The van der Waals surface area contributed by atoms with Crippen LogP contribution in [0.5, 0.6) is 0 Å². The minimum absolute atomic E-state index is 0.0104. The first-order valence-corrected chi connectivity index (χ1v) is 14.0. The average molecular weight is 548 g/mol. The zero-order valence-electron chi connectivity index (χ0n) is 19.1. The number of oxime groups is 1. The van der Waals surface area contributed by atoms with Gasteiger partial charge in [-0.1, -0.05) is 5.16 Å². The molecule has 2 aliphatic heterocycles. The number of nitrogens with one attached hydrogen (secondary N) is 1. The lowest BCUT2D eigenvalue weighted by Gasteiger charge is -2.49. The Hall–Kier alpha value is -3.10. The van der Waals surface area contributed by atoms with Gasteiger partial charge in [-0.2, -0.15) is 0 Å². The van der Waals surface area contributed by atoms with E-state index in [2.05, 4.69) is 20.0 Å². The lowest BCUT2D eigenvalue weighted by molar-refractivity contribution is -0.700. The molecular formula is C22H23N6O5S3+. The highest BCUT2D eigenvalue weighted by Gasteiger charge is 2.54. The van der Waals surface area contributed by atoms with Crippen molar-refractivity contribution in [3.05, 3.63) is 46.9 Å². The second-order valence-electron chi connectivity index (χ2n) is 8.31. The molecule has 36 heavy (non-hydrogen) atoms. The number of nitrogens with two attached hydrogens (primary N) is 1. The maximum Gasteiger partial charge on any atom is 0.352 e. The van der Waals surface area contributed by atoms with Gasteiger partial charge in [-0.25, -0.2) is 14.3 Å². The number of anilines is 1. The number of fused-ring (bicyclic) bond motifs is 1. The van der Waals surface area contributed by atoms with E-state index in [9.17, 15) is 19.5 Å². The Labute approximate surface area is 218 Å². The number of carboxylic acids is 1. The number of β-lactam (4-membered cyclic amide) rings is 1. The minimum Gasteiger partial charge on any atom is -0.477 e. The van der Waals surface area contributed by atoms with E-state index in [0.29, 0.717) is 23.1 Å². The van der Waals surface area contributed by atoms with Gasteiger partial charge in [-0.05, 0) is 5.57 Å². The second-order valence-corrected chi connectivity index (χ2v) is 11.4. The van der Waals surface area contributed by atoms with Crippen molar-refractivity contribution in [1.82, 2.24) is 15.2 Å². The Bertz CT molecular complexity index is 1270. The molecule has 2 aromatic rings. The first kappa shape index (κ1) is 24.6. The molecule has 0 spiro atoms. The molecule has 11 nitrogen and oxygen atoms in total. The number of nitrogens with zero attached hydrogens (tertiary/aromatic N) is 4. The molecule has 2 amide bonds. The molecule has 4 N–H and O–H groups in total. The first-order chi connectivity index (χ1) is 17.4. The van der Waals surface area contributed by atoms with Crippen molar-refractivity contribution in [2.45, 2.75) is 35.2 Å². The Balaban J connectivity index is 1.27. The number of thioether (sulfide) groups is 2. The van der Waals surface area contributed by atoms with Crippen LogP contribution in [-0.4, -0.2) is 68.5 Å². The third-order valence-electron chi connectivity index (χ3n) is 5.90. The number of carbonyl (C=O) groups excluding carboxylic acids is 2. The minimum atomic E-state index is -1.16. The number of carbonyl (C=O) groups is 3. The molecule has 1 aliphatic carbocycles. The van der Waals surface area contributed by atoms with E-state index < -0.39 is 29.2 Å². The number of pyridine rings is 1. The molecule has 14 heteroatoms. The number of hydrogen-bond donors (Lipinski definition) is 3. The third kappa shape index (κ3) is 4.80. The number of hydrogen-bond acceptors (Lipinski definition) is 10. The molecule has 1 saturated heterocycles. The second kappa shape index (κ2) is 10.1. The molecule has 188 valence electrons. The van der Waals surface area contributed by atoms with Gasteiger partial charge in [0.15, 0.2) is 29.3 Å². The summed E-state index contributed by atoms with van der Waals surface area (Å²) in [6.45, 7) is 0. The summed E-state index contributed by atoms with van der Waals surface area (Å²) in [7, 11) is 1.29. The van der Waals surface area contributed by atoms with Gasteiger partial charge in [-0.15, -0.1) is 34.9 Å². The van der Waals surface area contributed by atoms with E-state index in [1.165, 1.54) is 48.4 Å². The zero-order valence-corrected chi connectivity index (χ0v) is 21.6. The SMILES string of the molecule is CO/N=C(\C(=O)N[C@@H]1C(=O)N2C(C(=O)O)=C(CSc3cc[n+](C4CC4)cc3)CS[C@H]12)c1csc(N)n1. The topological polar surface area (TPSA) is 151 Å². The van der Waals surface area contributed by atoms with Gasteiger partial charge in [0, 0.05) is 46.8 Å². The van der Waals surface area contributed by atoms with Crippen molar-refractivity contribution in [1.29, 1.82) is 0 Å². The Morgan fingerprint density at radius 2 is 2.14 bits per heavy atom. The largest absolute Gasteiger partial charge is 0.477 e. The van der Waals surface area contributed by atoms with Gasteiger partial charge in [-0.3, -0.25) is 14.5 Å². The summed E-state index contributed by atoms with van der Waals surface area (Å²) in [4.78, 5) is 49.1. The predicted molar refractivity (Wildman–Crippen MR) is 135 cm³/mol. The molecule has 2 aromatic heterocycles. The monoisotopic (exact) mass is 547 g/mol. The van der Waals surface area contributed by atoms with E-state index in [-0.39, 0.29) is 22.2 Å². The van der Waals surface area contributed by atoms with Crippen molar-refractivity contribution >= 4 is 63.5 Å². The van der Waals surface area contributed by atoms with Crippen molar-refractivity contribution in [3.63, 3.8) is 0 Å². The molecule has 4 heterocycles. The van der Waals surface area contributed by atoms with E-state index in [1.807, 2.05) is 24.5 Å². The van der Waals surface area contributed by atoms with Gasteiger partial charge in [0.1, 0.15) is 29.9 Å². The molecular weight excluding hydrogens is 524 g/mol. The number of aliphatic carboxylic acids is 1. The van der Waals surface area contributed by atoms with Gasteiger partial charge >= 0.3 is 5.97 Å². The highest BCUT2D eigenvalue weighted by Crippen LogP contribution is 2.41. The van der Waals surface area contributed by atoms with Crippen LogP contribution >= 0.6 is 34.9 Å². The fourth-order valence-electron chi connectivity index (χ4n) is 4.00. The quantitative estimate of drug-likeness (QED) is 0.138. The van der Waals surface area contributed by atoms with E-state index in [0.717, 1.165) is 16.2 Å². The van der Waals surface area contributed by atoms with Gasteiger partial charge in [0.2, 0.25) is 0 Å². The Morgan fingerprint density at radius 1 is 1.39 bits per heavy atom. The molecule has 0 bridgehead atoms. The van der Waals surface area contributed by atoms with E-state index >= 15 is 0 Å². The molecule has 5 rings (SSSR count). The summed E-state index contributed by atoms with van der Waals surface area (Å²) in [6, 6.07) is 3.76. The van der Waals surface area contributed by atoms with Crippen molar-refractivity contribution in [2.75, 3.05) is 24.3 Å². The molecule has 3 aliphatic rings. The highest BCUT2D eigenvalue weighted by atomic mass is 32.2. The lowest BCUT2D eigenvalue weighted by atomic mass is 10.0. The van der Waals surface area contributed by atoms with Crippen LogP contribution in [0.4, 0.5) is 5.13 Å². The maximum atomic E-state index is 13.0. The molecule has 0 aromatic carbocycles. The lowest BCUT2D eigenvalue weighted by Crippen LogP contribution is -2.71. The number of carboxylic acid groups (broad SMARTS) is 1. The fourth-order valence-corrected chi connectivity index (χ4v) is 6.92. The van der Waals surface area contributed by atoms with Crippen LogP contribution in [0, 0.1) is 0 Å². The highest BCUT2D eigenvalue weighted by molar-refractivity contribution is 8.01. The van der Waals surface area contributed by atoms with Crippen molar-refractivity contribution in [2.24, 2.45) is 5.16 Å². The third-order valence-corrected chi connectivity index (χ3v) is 9.01. The van der Waals surface area contributed by atoms with Crippen LogP contribution in [0.25, 0.3) is 0 Å². The first-order valence-electron chi connectivity index (χ1n) is 11.0. The molecule has 2 atom stereocenters. The zero-order chi connectivity index (χ0) is 25.4. The van der Waals surface area contributed by atoms with Crippen LogP contribution < -0.4 is 15.6 Å². The Kier molecular flexibility index (Phi) is 6.90. The Morgan fingerprint density at radius 3 is 2.75 bits per heavy atom. The predicted octanol–water partition coefficient (Wildman–Crippen LogP) is 1.23. The van der Waals surface area contributed by atoms with Crippen LogP contribution in [-0.2, 0) is 19.2 Å². The van der Waals surface area contributed by atoms with Crippen LogP contribution in [0.15, 0.2) is 51.2 Å². The number of nitrogen functional groups attached to an aromatic ring is 1. The van der Waals surface area contributed by atoms with Crippen LogP contribution in [0.3, 0.4) is 0 Å². The van der Waals surface area contributed by atoms with Gasteiger partial charge in [0.25, 0.3) is 11.8 Å². The average Bonchev–Trinajstić information content (AvgIpc) is 3.64. The van der Waals surface area contributed by atoms with E-state index in [4.69, 9.17) is 10.6 Å². The fraction of sp³-hybridized carbons (Fsp3) is 0.364. The smallest absolute Gasteiger partial charge is 0.352 e. The number of thiazole rings is 1. The number of rotatable bonds is 9. The van der Waals surface area contributed by atoms with Crippen LogP contribution in [0.2, 0.25) is 0 Å².